The fourth-order valence-electron chi connectivity index (χ4n) is 5.07. The Morgan fingerprint density at radius 2 is 1.53 bits per heavy atom. The minimum absolute atomic E-state index is 0.00461. The van der Waals surface area contributed by atoms with Crippen molar-refractivity contribution in [3.8, 4) is 35.5 Å². The van der Waals surface area contributed by atoms with Crippen LogP contribution < -0.4 is 0 Å². The summed E-state index contributed by atoms with van der Waals surface area (Å²) in [6.07, 6.45) is -8.98. The van der Waals surface area contributed by atoms with Crippen LogP contribution >= 0.6 is 0 Å². The van der Waals surface area contributed by atoms with E-state index in [4.69, 9.17) is 0 Å². The number of hydrogen-bond donors (Lipinski definition) is 0. The molecule has 6 nitrogen and oxygen atoms in total. The number of alkyl halides is 6. The third-order valence-electron chi connectivity index (χ3n) is 6.72. The van der Waals surface area contributed by atoms with Gasteiger partial charge in [-0.05, 0) is 47.8 Å². The van der Waals surface area contributed by atoms with E-state index in [-0.39, 0.29) is 51.5 Å². The number of benzene rings is 1. The highest BCUT2D eigenvalue weighted by atomic mass is 19.4. The highest BCUT2D eigenvalue weighted by Gasteiger charge is 2.45. The quantitative estimate of drug-likeness (QED) is 0.282. The second kappa shape index (κ2) is 8.30. The molecular weight excluding hydrogens is 510 g/mol. The van der Waals surface area contributed by atoms with Crippen LogP contribution in [0.2, 0.25) is 0 Å². The van der Waals surface area contributed by atoms with Gasteiger partial charge in [0.2, 0.25) is 0 Å². The number of halogens is 6. The summed E-state index contributed by atoms with van der Waals surface area (Å²) in [7, 11) is 0. The maximum absolute atomic E-state index is 13.5. The van der Waals surface area contributed by atoms with Crippen molar-refractivity contribution in [2.45, 2.75) is 31.1 Å². The predicted molar refractivity (Wildman–Crippen MR) is 117 cm³/mol. The zero-order valence-corrected chi connectivity index (χ0v) is 18.8. The van der Waals surface area contributed by atoms with Gasteiger partial charge >= 0.3 is 12.4 Å². The van der Waals surface area contributed by atoms with Gasteiger partial charge in [-0.15, -0.1) is 0 Å². The lowest BCUT2D eigenvalue weighted by atomic mass is 9.83. The summed E-state index contributed by atoms with van der Waals surface area (Å²) in [5.41, 5.74) is -2.05. The SMILES string of the molecule is N#CC(C#N)=C1c2cc(C(F)(F)F)ccc2-c2nc3c(nc21)C1=C(C=C(C(F)(F)F)CC1)C3C(C#N)C#N. The smallest absolute Gasteiger partial charge is 0.247 e. The van der Waals surface area contributed by atoms with Crippen molar-refractivity contribution in [1.29, 1.82) is 21.0 Å². The van der Waals surface area contributed by atoms with Gasteiger partial charge < -0.3 is 0 Å². The summed E-state index contributed by atoms with van der Waals surface area (Å²) in [6.45, 7) is 0. The predicted octanol–water partition coefficient (Wildman–Crippen LogP) is 6.12. The minimum Gasteiger partial charge on any atom is -0.247 e. The van der Waals surface area contributed by atoms with E-state index in [0.29, 0.717) is 5.57 Å². The molecule has 1 aromatic heterocycles. The Hall–Kier alpha value is -4.94. The molecule has 1 aromatic carbocycles. The Balaban J connectivity index is 1.82. The minimum atomic E-state index is -4.72. The topological polar surface area (TPSA) is 121 Å². The molecular formula is C26H10F6N6. The summed E-state index contributed by atoms with van der Waals surface area (Å²) >= 11 is 0. The highest BCUT2D eigenvalue weighted by molar-refractivity contribution is 6.02. The molecule has 186 valence electrons. The lowest BCUT2D eigenvalue weighted by molar-refractivity contribution is -0.137. The molecule has 0 radical (unpaired) electrons. The fraction of sp³-hybridized carbons (Fsp3) is 0.231. The van der Waals surface area contributed by atoms with Crippen LogP contribution in [0.1, 0.15) is 47.0 Å². The summed E-state index contributed by atoms with van der Waals surface area (Å²) < 4.78 is 80.9. The molecule has 3 aliphatic rings. The lowest BCUT2D eigenvalue weighted by Crippen LogP contribution is -2.17. The van der Waals surface area contributed by atoms with Gasteiger partial charge in [-0.3, -0.25) is 0 Å². The first kappa shape index (κ1) is 24.7. The maximum Gasteiger partial charge on any atom is 0.416 e. The van der Waals surface area contributed by atoms with E-state index >= 15 is 0 Å². The number of nitrogens with zero attached hydrogens (tertiary/aromatic N) is 6. The molecule has 0 spiro atoms. The van der Waals surface area contributed by atoms with Crippen molar-refractivity contribution in [2.24, 2.45) is 5.92 Å². The van der Waals surface area contributed by atoms with Crippen molar-refractivity contribution >= 4 is 11.1 Å². The van der Waals surface area contributed by atoms with Crippen LogP contribution in [-0.4, -0.2) is 16.1 Å². The number of nitriles is 4. The lowest BCUT2D eigenvalue weighted by Gasteiger charge is -2.20. The molecule has 12 heteroatoms. The monoisotopic (exact) mass is 520 g/mol. The van der Waals surface area contributed by atoms with Gasteiger partial charge in [-0.2, -0.15) is 47.4 Å². The molecule has 0 saturated heterocycles. The van der Waals surface area contributed by atoms with Crippen molar-refractivity contribution in [1.82, 2.24) is 9.97 Å². The third-order valence-corrected chi connectivity index (χ3v) is 6.72. The van der Waals surface area contributed by atoms with Gasteiger partial charge in [0, 0.05) is 16.7 Å². The van der Waals surface area contributed by atoms with Crippen LogP contribution in [0, 0.1) is 51.2 Å². The molecule has 0 N–H and O–H groups in total. The molecule has 1 atom stereocenters. The van der Waals surface area contributed by atoms with Crippen LogP contribution in [0.15, 0.2) is 41.0 Å². The molecule has 5 rings (SSSR count). The van der Waals surface area contributed by atoms with Gasteiger partial charge in [-0.25, -0.2) is 9.97 Å². The van der Waals surface area contributed by atoms with Gasteiger partial charge in [0.1, 0.15) is 23.6 Å². The first-order valence-corrected chi connectivity index (χ1v) is 10.9. The number of fused-ring (bicyclic) bond motifs is 5. The van der Waals surface area contributed by atoms with Crippen molar-refractivity contribution in [3.05, 3.63) is 69.2 Å². The van der Waals surface area contributed by atoms with Crippen LogP contribution in [0.3, 0.4) is 0 Å². The van der Waals surface area contributed by atoms with Crippen molar-refractivity contribution < 1.29 is 26.3 Å². The molecule has 0 fully saturated rings. The molecule has 0 aliphatic heterocycles. The van der Waals surface area contributed by atoms with E-state index < -0.39 is 47.3 Å². The van der Waals surface area contributed by atoms with Gasteiger partial charge in [0.25, 0.3) is 0 Å². The summed E-state index contributed by atoms with van der Waals surface area (Å²) in [6, 6.07) is 9.58. The molecule has 38 heavy (non-hydrogen) atoms. The zero-order chi connectivity index (χ0) is 27.6. The average Bonchev–Trinajstić information content (AvgIpc) is 3.35. The standard InChI is InChI=1S/C26H10F6N6/c27-25(28,29)13-1-3-15-17(5-13)19(11(7-33)8-34)23-21(15)37-24-20(12(9-35)10-36)18-6-14(26(30,31)32)2-4-16(18)22(24)38-23/h1,3,5-6,12,20H,2,4H2. The zero-order valence-electron chi connectivity index (χ0n) is 18.8. The Kier molecular flexibility index (Phi) is 5.40. The summed E-state index contributed by atoms with van der Waals surface area (Å²) in [5.74, 6) is -2.60. The van der Waals surface area contributed by atoms with Gasteiger partial charge in [0.15, 0.2) is 0 Å². The van der Waals surface area contributed by atoms with Crippen LogP contribution in [0.5, 0.6) is 0 Å². The molecule has 0 bridgehead atoms. The van der Waals surface area contributed by atoms with Gasteiger partial charge in [-0.1, -0.05) is 6.07 Å². The van der Waals surface area contributed by atoms with E-state index in [1.807, 2.05) is 0 Å². The molecule has 0 saturated carbocycles. The average molecular weight is 520 g/mol. The van der Waals surface area contributed by atoms with E-state index in [9.17, 15) is 47.4 Å². The van der Waals surface area contributed by atoms with Crippen LogP contribution in [-0.2, 0) is 6.18 Å². The van der Waals surface area contributed by atoms with Crippen molar-refractivity contribution in [3.63, 3.8) is 0 Å². The van der Waals surface area contributed by atoms with Gasteiger partial charge in [0.05, 0.1) is 46.4 Å². The maximum atomic E-state index is 13.5. The highest BCUT2D eigenvalue weighted by Crippen LogP contribution is 2.54. The summed E-state index contributed by atoms with van der Waals surface area (Å²) in [4.78, 5) is 9.05. The molecule has 2 aromatic rings. The summed E-state index contributed by atoms with van der Waals surface area (Å²) in [5, 5.41) is 38.3. The number of allylic oxidation sites excluding steroid dienone is 5. The normalized spacial score (nSPS) is 17.4. The van der Waals surface area contributed by atoms with E-state index in [1.54, 1.807) is 24.3 Å². The second-order valence-corrected chi connectivity index (χ2v) is 8.70. The first-order chi connectivity index (χ1) is 17.9. The Morgan fingerprint density at radius 3 is 2.11 bits per heavy atom. The number of aromatic nitrogens is 2. The second-order valence-electron chi connectivity index (χ2n) is 8.70. The van der Waals surface area contributed by atoms with E-state index in [1.165, 1.54) is 0 Å². The van der Waals surface area contributed by atoms with E-state index in [0.717, 1.165) is 24.3 Å². The Morgan fingerprint density at radius 1 is 0.842 bits per heavy atom. The molecule has 3 aliphatic carbocycles. The number of rotatable bonds is 1. The third kappa shape index (κ3) is 3.54. The fourth-order valence-corrected chi connectivity index (χ4v) is 5.07. The van der Waals surface area contributed by atoms with Crippen molar-refractivity contribution in [2.75, 3.05) is 0 Å². The molecule has 1 unspecified atom stereocenters. The largest absolute Gasteiger partial charge is 0.416 e. The Bertz CT molecular complexity index is 1670. The first-order valence-electron chi connectivity index (χ1n) is 10.9. The molecule has 1 heterocycles. The van der Waals surface area contributed by atoms with Crippen LogP contribution in [0.25, 0.3) is 22.4 Å². The number of hydrogen-bond acceptors (Lipinski definition) is 6. The molecule has 0 amide bonds. The van der Waals surface area contributed by atoms with Crippen LogP contribution in [0.4, 0.5) is 26.3 Å². The van der Waals surface area contributed by atoms with E-state index in [2.05, 4.69) is 9.97 Å². The Labute approximate surface area is 210 Å².